The van der Waals surface area contributed by atoms with E-state index in [-0.39, 0.29) is 12.3 Å². The maximum absolute atomic E-state index is 12.4. The first kappa shape index (κ1) is 25.3. The Hall–Kier alpha value is -5.39. The minimum Gasteiger partial charge on any atom is -0.406 e. The van der Waals surface area contributed by atoms with Crippen molar-refractivity contribution >= 4 is 45.9 Å². The third-order valence-corrected chi connectivity index (χ3v) is 5.53. The number of nitrogens with one attached hydrogen (secondary N) is 2. The number of benzene rings is 1. The van der Waals surface area contributed by atoms with E-state index in [1.54, 1.807) is 42.5 Å². The number of rotatable bonds is 8. The Morgan fingerprint density at radius 3 is 2.59 bits per heavy atom. The van der Waals surface area contributed by atoms with E-state index in [0.717, 1.165) is 0 Å². The number of hydrogen-bond donors (Lipinski definition) is 2. The number of nitriles is 1. The van der Waals surface area contributed by atoms with E-state index in [4.69, 9.17) is 5.26 Å². The summed E-state index contributed by atoms with van der Waals surface area (Å²) in [6.07, 6.45) is 1.79. The van der Waals surface area contributed by atoms with Gasteiger partial charge in [-0.05, 0) is 36.4 Å². The van der Waals surface area contributed by atoms with Crippen molar-refractivity contribution in [1.82, 2.24) is 34.3 Å². The molecular weight excluding hydrogens is 515 g/mol. The highest BCUT2D eigenvalue weighted by molar-refractivity contribution is 5.80. The zero-order chi connectivity index (χ0) is 27.6. The number of hydrogen-bond acceptors (Lipinski definition) is 10. The van der Waals surface area contributed by atoms with Gasteiger partial charge in [0.1, 0.15) is 23.6 Å². The number of anilines is 6. The van der Waals surface area contributed by atoms with Crippen LogP contribution in [0.5, 0.6) is 5.75 Å². The van der Waals surface area contributed by atoms with Crippen LogP contribution >= 0.6 is 0 Å². The lowest BCUT2D eigenvalue weighted by Gasteiger charge is -2.18. The molecule has 198 valence electrons. The topological polar surface area (TPSA) is 135 Å². The van der Waals surface area contributed by atoms with Crippen LogP contribution < -0.4 is 20.3 Å². The Labute approximate surface area is 219 Å². The molecule has 5 aromatic rings. The van der Waals surface area contributed by atoms with Crippen molar-refractivity contribution < 1.29 is 17.9 Å². The van der Waals surface area contributed by atoms with E-state index in [1.165, 1.54) is 28.9 Å². The Balaban J connectivity index is 1.33. The van der Waals surface area contributed by atoms with Crippen molar-refractivity contribution in [3.05, 3.63) is 61.2 Å². The summed E-state index contributed by atoms with van der Waals surface area (Å²) in [7, 11) is 3.60. The number of ether oxygens (including phenoxy) is 1. The van der Waals surface area contributed by atoms with E-state index in [2.05, 4.69) is 40.4 Å². The van der Waals surface area contributed by atoms with Gasteiger partial charge in [-0.2, -0.15) is 15.3 Å². The molecule has 0 radical (unpaired) electrons. The summed E-state index contributed by atoms with van der Waals surface area (Å²) in [6, 6.07) is 11.0. The molecule has 0 spiro atoms. The molecule has 1 aromatic carbocycles. The largest absolute Gasteiger partial charge is 0.573 e. The lowest BCUT2D eigenvalue weighted by atomic mass is 10.3. The Morgan fingerprint density at radius 1 is 1.05 bits per heavy atom. The highest BCUT2D eigenvalue weighted by Crippen LogP contribution is 2.28. The van der Waals surface area contributed by atoms with Gasteiger partial charge in [-0.1, -0.05) is 0 Å². The van der Waals surface area contributed by atoms with Gasteiger partial charge in [-0.25, -0.2) is 15.0 Å². The summed E-state index contributed by atoms with van der Waals surface area (Å²) in [4.78, 5) is 19.7. The van der Waals surface area contributed by atoms with Gasteiger partial charge in [0.05, 0.1) is 29.8 Å². The summed E-state index contributed by atoms with van der Waals surface area (Å²) < 4.78 is 44.4. The smallest absolute Gasteiger partial charge is 0.406 e. The van der Waals surface area contributed by atoms with Gasteiger partial charge in [0.15, 0.2) is 5.65 Å². The van der Waals surface area contributed by atoms with Crippen LogP contribution in [0.1, 0.15) is 0 Å². The molecule has 12 nitrogen and oxygen atoms in total. The molecule has 39 heavy (non-hydrogen) atoms. The molecule has 0 aliphatic rings. The number of aromatic nitrogens is 7. The van der Waals surface area contributed by atoms with Crippen LogP contribution in [-0.2, 0) is 13.6 Å². The van der Waals surface area contributed by atoms with Crippen molar-refractivity contribution in [3.8, 4) is 11.8 Å². The third kappa shape index (κ3) is 5.80. The zero-order valence-electron chi connectivity index (χ0n) is 20.5. The SMILES string of the molecule is CN(c1cnc2c(c1)nc(Nc1ccc(OC(F)(F)F)cc1)n2C)c1ccnc(Nc2cnn(CC#N)c2)n1. The average molecular weight is 535 g/mol. The van der Waals surface area contributed by atoms with Crippen LogP contribution in [0.4, 0.5) is 47.9 Å². The maximum atomic E-state index is 12.4. The second kappa shape index (κ2) is 10.2. The van der Waals surface area contributed by atoms with Crippen LogP contribution in [0.2, 0.25) is 0 Å². The fraction of sp³-hybridized carbons (Fsp3) is 0.167. The number of aryl methyl sites for hydroxylation is 1. The maximum Gasteiger partial charge on any atom is 0.573 e. The molecule has 0 saturated heterocycles. The van der Waals surface area contributed by atoms with Crippen molar-refractivity contribution in [2.45, 2.75) is 12.9 Å². The first-order valence-electron chi connectivity index (χ1n) is 11.4. The second-order valence-corrected chi connectivity index (χ2v) is 8.24. The first-order chi connectivity index (χ1) is 18.7. The number of halogens is 3. The minimum absolute atomic E-state index is 0.134. The fourth-order valence-electron chi connectivity index (χ4n) is 3.67. The zero-order valence-corrected chi connectivity index (χ0v) is 20.5. The van der Waals surface area contributed by atoms with E-state index >= 15 is 0 Å². The second-order valence-electron chi connectivity index (χ2n) is 8.24. The van der Waals surface area contributed by atoms with Crippen LogP contribution in [0.15, 0.2) is 61.2 Å². The molecule has 0 atom stereocenters. The molecule has 4 aromatic heterocycles. The van der Waals surface area contributed by atoms with Gasteiger partial charge in [0, 0.05) is 32.2 Å². The standard InChI is InChI=1S/C24H20F3N11O/c1-36(20-7-9-29-22(35-20)32-16-12-31-38(14-16)10-8-28)17-11-19-21(30-13-17)37(2)23(34-19)33-15-3-5-18(6-4-15)39-24(25,26)27/h3-7,9,11-14H,10H2,1-2H3,(H,33,34)(H,29,32,35). The monoisotopic (exact) mass is 535 g/mol. The van der Waals surface area contributed by atoms with E-state index in [9.17, 15) is 13.2 Å². The minimum atomic E-state index is -4.75. The lowest BCUT2D eigenvalue weighted by molar-refractivity contribution is -0.274. The molecule has 0 fully saturated rings. The van der Waals surface area contributed by atoms with Crippen LogP contribution in [-0.4, -0.2) is 47.7 Å². The van der Waals surface area contributed by atoms with Crippen molar-refractivity contribution in [2.24, 2.45) is 7.05 Å². The highest BCUT2D eigenvalue weighted by atomic mass is 19.4. The number of pyridine rings is 1. The lowest BCUT2D eigenvalue weighted by Crippen LogP contribution is -2.17. The number of imidazole rings is 1. The molecule has 0 aliphatic carbocycles. The summed E-state index contributed by atoms with van der Waals surface area (Å²) in [5, 5.41) is 19.0. The van der Waals surface area contributed by atoms with Gasteiger partial charge in [0.25, 0.3) is 0 Å². The molecule has 15 heteroatoms. The van der Waals surface area contributed by atoms with Crippen LogP contribution in [0.25, 0.3) is 11.2 Å². The van der Waals surface area contributed by atoms with E-state index in [0.29, 0.717) is 45.9 Å². The molecule has 0 amide bonds. The summed E-state index contributed by atoms with van der Waals surface area (Å²) in [5.74, 6) is 1.08. The summed E-state index contributed by atoms with van der Waals surface area (Å²) in [6.45, 7) is 0.134. The summed E-state index contributed by atoms with van der Waals surface area (Å²) in [5.41, 5.74) is 3.08. The number of alkyl halides is 3. The van der Waals surface area contributed by atoms with Crippen molar-refractivity contribution in [2.75, 3.05) is 22.6 Å². The van der Waals surface area contributed by atoms with Gasteiger partial charge >= 0.3 is 6.36 Å². The van der Waals surface area contributed by atoms with Gasteiger partial charge in [0.2, 0.25) is 11.9 Å². The quantitative estimate of drug-likeness (QED) is 0.289. The van der Waals surface area contributed by atoms with Gasteiger partial charge in [-0.3, -0.25) is 9.25 Å². The highest BCUT2D eigenvalue weighted by Gasteiger charge is 2.31. The molecule has 5 rings (SSSR count). The summed E-state index contributed by atoms with van der Waals surface area (Å²) >= 11 is 0. The molecule has 4 heterocycles. The number of fused-ring (bicyclic) bond motifs is 1. The van der Waals surface area contributed by atoms with Gasteiger partial charge < -0.3 is 20.3 Å². The predicted octanol–water partition coefficient (Wildman–Crippen LogP) is 4.63. The fourth-order valence-corrected chi connectivity index (χ4v) is 3.67. The molecule has 0 aliphatic heterocycles. The predicted molar refractivity (Wildman–Crippen MR) is 136 cm³/mol. The van der Waals surface area contributed by atoms with Crippen molar-refractivity contribution in [1.29, 1.82) is 5.26 Å². The molecule has 0 saturated carbocycles. The normalized spacial score (nSPS) is 11.3. The van der Waals surface area contributed by atoms with Gasteiger partial charge in [-0.15, -0.1) is 13.2 Å². The molecule has 0 unspecified atom stereocenters. The Kier molecular flexibility index (Phi) is 6.59. The third-order valence-electron chi connectivity index (χ3n) is 5.53. The first-order valence-corrected chi connectivity index (χ1v) is 11.4. The Morgan fingerprint density at radius 2 is 1.85 bits per heavy atom. The van der Waals surface area contributed by atoms with E-state index in [1.807, 2.05) is 24.1 Å². The molecule has 2 N–H and O–H groups in total. The molecule has 0 bridgehead atoms. The van der Waals surface area contributed by atoms with Crippen molar-refractivity contribution in [3.63, 3.8) is 0 Å². The van der Waals surface area contributed by atoms with Crippen LogP contribution in [0.3, 0.4) is 0 Å². The van der Waals surface area contributed by atoms with Crippen LogP contribution in [0, 0.1) is 11.3 Å². The average Bonchev–Trinajstić information content (AvgIpc) is 3.47. The number of nitrogens with zero attached hydrogens (tertiary/aromatic N) is 9. The van der Waals surface area contributed by atoms with E-state index < -0.39 is 6.36 Å². The molecular formula is C24H20F3N11O. The Bertz CT molecular complexity index is 1650.